The number of nitrogens with zero attached hydrogens (tertiary/aromatic N) is 1. The van der Waals surface area contributed by atoms with E-state index in [0.717, 1.165) is 16.8 Å². The molecule has 114 valence electrons. The lowest BCUT2D eigenvalue weighted by Crippen LogP contribution is -2.17. The van der Waals surface area contributed by atoms with E-state index in [0.29, 0.717) is 22.2 Å². The number of methoxy groups -OCH3 is 1. The van der Waals surface area contributed by atoms with Crippen LogP contribution in [0.3, 0.4) is 0 Å². The van der Waals surface area contributed by atoms with Gasteiger partial charge in [0.2, 0.25) is 0 Å². The molecule has 0 fully saturated rings. The molecule has 0 saturated carbocycles. The highest BCUT2D eigenvalue weighted by atomic mass is 35.5. The van der Waals surface area contributed by atoms with E-state index in [-0.39, 0.29) is 5.91 Å². The van der Waals surface area contributed by atoms with Crippen molar-refractivity contribution < 1.29 is 9.53 Å². The fourth-order valence-electron chi connectivity index (χ4n) is 2.47. The van der Waals surface area contributed by atoms with E-state index in [2.05, 4.69) is 5.32 Å². The molecule has 0 bridgehead atoms. The lowest BCUT2D eigenvalue weighted by atomic mass is 10.2. The molecule has 22 heavy (non-hydrogen) atoms. The number of rotatable bonds is 4. The fourth-order valence-corrected chi connectivity index (χ4v) is 3.46. The van der Waals surface area contributed by atoms with Crippen LogP contribution in [0.5, 0.6) is 5.75 Å². The minimum atomic E-state index is -0.175. The van der Waals surface area contributed by atoms with E-state index in [1.54, 1.807) is 36.6 Å². The van der Waals surface area contributed by atoms with Crippen molar-refractivity contribution in [2.24, 2.45) is 0 Å². The minimum absolute atomic E-state index is 0.175. The quantitative estimate of drug-likeness (QED) is 0.755. The SMILES string of the molecule is CCn1c(C(=O)Nc2cc(Cl)ccc2OC)cc2sccc21. The molecule has 0 aliphatic carbocycles. The first-order valence-corrected chi connectivity index (χ1v) is 8.11. The molecular formula is C16H15ClN2O2S. The first kappa shape index (κ1) is 14.9. The predicted molar refractivity (Wildman–Crippen MR) is 91.4 cm³/mol. The molecule has 0 atom stereocenters. The zero-order valence-corrected chi connectivity index (χ0v) is 13.8. The zero-order valence-electron chi connectivity index (χ0n) is 12.2. The Morgan fingerprint density at radius 2 is 2.18 bits per heavy atom. The van der Waals surface area contributed by atoms with Crippen LogP contribution >= 0.6 is 22.9 Å². The van der Waals surface area contributed by atoms with Crippen LogP contribution in [0.4, 0.5) is 5.69 Å². The van der Waals surface area contributed by atoms with Gasteiger partial charge in [0.1, 0.15) is 11.4 Å². The summed E-state index contributed by atoms with van der Waals surface area (Å²) < 4.78 is 8.36. The van der Waals surface area contributed by atoms with Gasteiger partial charge in [-0.25, -0.2) is 0 Å². The Labute approximate surface area is 137 Å². The molecule has 6 heteroatoms. The topological polar surface area (TPSA) is 43.3 Å². The van der Waals surface area contributed by atoms with Crippen LogP contribution in [0.15, 0.2) is 35.7 Å². The summed E-state index contributed by atoms with van der Waals surface area (Å²) in [6.07, 6.45) is 0. The summed E-state index contributed by atoms with van der Waals surface area (Å²) in [6, 6.07) is 9.08. The van der Waals surface area contributed by atoms with Gasteiger partial charge in [0.05, 0.1) is 23.0 Å². The number of nitrogens with one attached hydrogen (secondary N) is 1. The Bertz CT molecular complexity index is 838. The molecule has 3 aromatic rings. The first-order chi connectivity index (χ1) is 10.6. The van der Waals surface area contributed by atoms with Crippen molar-refractivity contribution in [3.8, 4) is 5.75 Å². The summed E-state index contributed by atoms with van der Waals surface area (Å²) in [5, 5.41) is 5.45. The van der Waals surface area contributed by atoms with Gasteiger partial charge in [0, 0.05) is 11.6 Å². The number of fused-ring (bicyclic) bond motifs is 1. The third-order valence-corrected chi connectivity index (χ3v) is 4.57. The Kier molecular flexibility index (Phi) is 4.09. The molecule has 0 aliphatic rings. The van der Waals surface area contributed by atoms with Gasteiger partial charge in [-0.05, 0) is 42.6 Å². The predicted octanol–water partition coefficient (Wildman–Crippen LogP) is 4.64. The van der Waals surface area contributed by atoms with Crippen LogP contribution < -0.4 is 10.1 Å². The number of aromatic nitrogens is 1. The summed E-state index contributed by atoms with van der Waals surface area (Å²) in [5.41, 5.74) is 2.27. The number of hydrogen-bond donors (Lipinski definition) is 1. The number of amides is 1. The van der Waals surface area contributed by atoms with Crippen molar-refractivity contribution in [3.63, 3.8) is 0 Å². The summed E-state index contributed by atoms with van der Waals surface area (Å²) in [5.74, 6) is 0.403. The smallest absolute Gasteiger partial charge is 0.272 e. The molecule has 2 heterocycles. The second-order valence-corrected chi connectivity index (χ2v) is 6.13. The standard InChI is InChI=1S/C16H15ClN2O2S/c1-3-19-12-6-7-22-15(12)9-13(19)16(20)18-11-8-10(17)4-5-14(11)21-2/h4-9H,3H2,1-2H3,(H,18,20). The number of carbonyl (C=O) groups excluding carboxylic acids is 1. The van der Waals surface area contributed by atoms with E-state index in [4.69, 9.17) is 16.3 Å². The largest absolute Gasteiger partial charge is 0.495 e. The van der Waals surface area contributed by atoms with Gasteiger partial charge in [-0.2, -0.15) is 0 Å². The number of halogens is 1. The summed E-state index contributed by atoms with van der Waals surface area (Å²) in [7, 11) is 1.56. The lowest BCUT2D eigenvalue weighted by molar-refractivity contribution is 0.101. The van der Waals surface area contributed by atoms with Crippen molar-refractivity contribution in [2.75, 3.05) is 12.4 Å². The van der Waals surface area contributed by atoms with Crippen molar-refractivity contribution in [2.45, 2.75) is 13.5 Å². The van der Waals surface area contributed by atoms with E-state index in [9.17, 15) is 4.79 Å². The van der Waals surface area contributed by atoms with Gasteiger partial charge in [0.15, 0.2) is 0 Å². The average molecular weight is 335 g/mol. The van der Waals surface area contributed by atoms with Crippen LogP contribution in [-0.2, 0) is 6.54 Å². The van der Waals surface area contributed by atoms with Crippen LogP contribution in [0, 0.1) is 0 Å². The number of benzene rings is 1. The molecule has 4 nitrogen and oxygen atoms in total. The van der Waals surface area contributed by atoms with Gasteiger partial charge in [-0.1, -0.05) is 11.6 Å². The van der Waals surface area contributed by atoms with Crippen molar-refractivity contribution in [1.82, 2.24) is 4.57 Å². The molecule has 1 aromatic carbocycles. The van der Waals surface area contributed by atoms with Crippen LogP contribution in [0.1, 0.15) is 17.4 Å². The molecule has 1 N–H and O–H groups in total. The normalized spacial score (nSPS) is 10.9. The van der Waals surface area contributed by atoms with Gasteiger partial charge in [-0.3, -0.25) is 4.79 Å². The molecule has 1 amide bonds. The van der Waals surface area contributed by atoms with Crippen molar-refractivity contribution >= 4 is 44.7 Å². The third kappa shape index (κ3) is 2.58. The van der Waals surface area contributed by atoms with E-state index < -0.39 is 0 Å². The molecule has 0 saturated heterocycles. The monoisotopic (exact) mass is 334 g/mol. The van der Waals surface area contributed by atoms with Crippen LogP contribution in [-0.4, -0.2) is 17.6 Å². The molecule has 2 aromatic heterocycles. The Morgan fingerprint density at radius 1 is 1.36 bits per heavy atom. The average Bonchev–Trinajstić information content (AvgIpc) is 3.07. The molecule has 0 unspecified atom stereocenters. The number of thiophene rings is 1. The highest BCUT2D eigenvalue weighted by molar-refractivity contribution is 7.17. The maximum absolute atomic E-state index is 12.6. The van der Waals surface area contributed by atoms with Gasteiger partial charge in [0.25, 0.3) is 5.91 Å². The molecule has 0 aliphatic heterocycles. The highest BCUT2D eigenvalue weighted by Gasteiger charge is 2.17. The Hall–Kier alpha value is -1.98. The maximum atomic E-state index is 12.6. The molecular weight excluding hydrogens is 320 g/mol. The first-order valence-electron chi connectivity index (χ1n) is 6.85. The number of aryl methyl sites for hydroxylation is 1. The molecule has 3 rings (SSSR count). The Morgan fingerprint density at radius 3 is 2.91 bits per heavy atom. The fraction of sp³-hybridized carbons (Fsp3) is 0.188. The summed E-state index contributed by atoms with van der Waals surface area (Å²) in [6.45, 7) is 2.75. The maximum Gasteiger partial charge on any atom is 0.272 e. The van der Waals surface area contributed by atoms with Gasteiger partial charge < -0.3 is 14.6 Å². The number of carbonyl (C=O) groups is 1. The second kappa shape index (κ2) is 6.02. The van der Waals surface area contributed by atoms with Crippen molar-refractivity contribution in [1.29, 1.82) is 0 Å². The third-order valence-electron chi connectivity index (χ3n) is 3.48. The zero-order chi connectivity index (χ0) is 15.7. The van der Waals surface area contributed by atoms with Crippen LogP contribution in [0.2, 0.25) is 5.02 Å². The Balaban J connectivity index is 1.96. The highest BCUT2D eigenvalue weighted by Crippen LogP contribution is 2.30. The summed E-state index contributed by atoms with van der Waals surface area (Å²) >= 11 is 7.62. The lowest BCUT2D eigenvalue weighted by Gasteiger charge is -2.12. The minimum Gasteiger partial charge on any atom is -0.495 e. The summed E-state index contributed by atoms with van der Waals surface area (Å²) in [4.78, 5) is 12.6. The second-order valence-electron chi connectivity index (χ2n) is 4.74. The van der Waals surface area contributed by atoms with Crippen LogP contribution in [0.25, 0.3) is 10.2 Å². The van der Waals surface area contributed by atoms with Crippen molar-refractivity contribution in [3.05, 3.63) is 46.4 Å². The number of anilines is 1. The molecule has 0 spiro atoms. The number of hydrogen-bond acceptors (Lipinski definition) is 3. The van der Waals surface area contributed by atoms with E-state index in [1.165, 1.54) is 0 Å². The number of ether oxygens (including phenoxy) is 1. The molecule has 0 radical (unpaired) electrons. The van der Waals surface area contributed by atoms with E-state index >= 15 is 0 Å². The van der Waals surface area contributed by atoms with Gasteiger partial charge in [-0.15, -0.1) is 11.3 Å². The van der Waals surface area contributed by atoms with Gasteiger partial charge >= 0.3 is 0 Å². The van der Waals surface area contributed by atoms with E-state index in [1.807, 2.05) is 29.0 Å².